The highest BCUT2D eigenvalue weighted by atomic mass is 16.5. The predicted molar refractivity (Wildman–Crippen MR) is 89.7 cm³/mol. The highest BCUT2D eigenvalue weighted by molar-refractivity contribution is 5.79. The summed E-state index contributed by atoms with van der Waals surface area (Å²) in [6.07, 6.45) is 6.77. The molecule has 0 radical (unpaired) electrons. The van der Waals surface area contributed by atoms with Crippen molar-refractivity contribution in [2.75, 3.05) is 26.8 Å². The lowest BCUT2D eigenvalue weighted by molar-refractivity contribution is -0.131. The third-order valence-electron chi connectivity index (χ3n) is 3.69. The number of hydrogen-bond donors (Lipinski definition) is 1. The highest BCUT2D eigenvalue weighted by Gasteiger charge is 2.11. The molecule has 0 aromatic heterocycles. The quantitative estimate of drug-likeness (QED) is 0.532. The van der Waals surface area contributed by atoms with E-state index in [1.807, 2.05) is 13.8 Å². The molecule has 0 unspecified atom stereocenters. The minimum Gasteiger partial charge on any atom is -0.381 e. The first-order valence-corrected chi connectivity index (χ1v) is 8.59. The van der Waals surface area contributed by atoms with Crippen LogP contribution >= 0.6 is 0 Å². The van der Waals surface area contributed by atoms with E-state index in [2.05, 4.69) is 12.2 Å². The van der Waals surface area contributed by atoms with Gasteiger partial charge in [0.05, 0.1) is 6.61 Å². The van der Waals surface area contributed by atoms with E-state index in [-0.39, 0.29) is 17.9 Å². The lowest BCUT2D eigenvalue weighted by Gasteiger charge is -2.21. The zero-order valence-corrected chi connectivity index (χ0v) is 14.8. The second-order valence-electron chi connectivity index (χ2n) is 5.97. The molecule has 0 aliphatic rings. The summed E-state index contributed by atoms with van der Waals surface area (Å²) in [6, 6.07) is 0.189. The first-order chi connectivity index (χ1) is 10.5. The van der Waals surface area contributed by atoms with Gasteiger partial charge in [0.1, 0.15) is 0 Å². The van der Waals surface area contributed by atoms with Crippen LogP contribution in [-0.4, -0.2) is 49.6 Å². The van der Waals surface area contributed by atoms with E-state index >= 15 is 0 Å². The molecule has 0 aromatic carbocycles. The lowest BCUT2D eigenvalue weighted by atomic mass is 10.2. The Labute approximate surface area is 135 Å². The van der Waals surface area contributed by atoms with Crippen molar-refractivity contribution in [1.82, 2.24) is 10.2 Å². The summed E-state index contributed by atoms with van der Waals surface area (Å²) in [5.41, 5.74) is 0. The van der Waals surface area contributed by atoms with Gasteiger partial charge < -0.3 is 15.0 Å². The SMILES string of the molecule is CCCCCCCOCCC(=O)NCCC(=O)N(C)C(C)C. The van der Waals surface area contributed by atoms with Gasteiger partial charge in [-0.2, -0.15) is 0 Å². The fraction of sp³-hybridized carbons (Fsp3) is 0.882. The van der Waals surface area contributed by atoms with Gasteiger partial charge >= 0.3 is 0 Å². The van der Waals surface area contributed by atoms with Crippen molar-refractivity contribution in [3.05, 3.63) is 0 Å². The molecule has 5 nitrogen and oxygen atoms in total. The Morgan fingerprint density at radius 3 is 2.36 bits per heavy atom. The number of hydrogen-bond acceptors (Lipinski definition) is 3. The molecule has 1 N–H and O–H groups in total. The van der Waals surface area contributed by atoms with Crippen molar-refractivity contribution in [2.45, 2.75) is 71.8 Å². The van der Waals surface area contributed by atoms with E-state index in [1.54, 1.807) is 11.9 Å². The van der Waals surface area contributed by atoms with Gasteiger partial charge in [0, 0.05) is 39.1 Å². The Bertz CT molecular complexity index is 306. The van der Waals surface area contributed by atoms with E-state index in [0.717, 1.165) is 13.0 Å². The van der Waals surface area contributed by atoms with Crippen LogP contribution in [0, 0.1) is 0 Å². The average molecular weight is 314 g/mol. The third-order valence-corrected chi connectivity index (χ3v) is 3.69. The number of carbonyl (C=O) groups is 2. The molecule has 0 rings (SSSR count). The van der Waals surface area contributed by atoms with E-state index in [0.29, 0.717) is 26.0 Å². The molecule has 0 atom stereocenters. The summed E-state index contributed by atoms with van der Waals surface area (Å²) < 4.78 is 5.45. The number of amides is 2. The van der Waals surface area contributed by atoms with Crippen molar-refractivity contribution in [1.29, 1.82) is 0 Å². The van der Waals surface area contributed by atoms with Gasteiger partial charge in [0.25, 0.3) is 0 Å². The Morgan fingerprint density at radius 2 is 1.73 bits per heavy atom. The van der Waals surface area contributed by atoms with Crippen molar-refractivity contribution in [2.24, 2.45) is 0 Å². The number of carbonyl (C=O) groups excluding carboxylic acids is 2. The van der Waals surface area contributed by atoms with Gasteiger partial charge in [0.15, 0.2) is 0 Å². The van der Waals surface area contributed by atoms with Crippen LogP contribution in [0.5, 0.6) is 0 Å². The van der Waals surface area contributed by atoms with E-state index in [1.165, 1.54) is 25.7 Å². The maximum Gasteiger partial charge on any atom is 0.224 e. The molecule has 0 bridgehead atoms. The molecular formula is C17H34N2O3. The maximum absolute atomic E-state index is 11.7. The predicted octanol–water partition coefficient (Wildman–Crippen LogP) is 2.74. The van der Waals surface area contributed by atoms with E-state index < -0.39 is 0 Å². The zero-order chi connectivity index (χ0) is 16.8. The molecule has 0 saturated heterocycles. The lowest BCUT2D eigenvalue weighted by Crippen LogP contribution is -2.36. The Kier molecular flexibility index (Phi) is 12.9. The molecule has 0 aromatic rings. The van der Waals surface area contributed by atoms with E-state index in [4.69, 9.17) is 4.74 Å². The van der Waals surface area contributed by atoms with Crippen LogP contribution in [0.3, 0.4) is 0 Å². The van der Waals surface area contributed by atoms with Gasteiger partial charge in [-0.05, 0) is 20.3 Å². The maximum atomic E-state index is 11.7. The van der Waals surface area contributed by atoms with Crippen LogP contribution in [0.1, 0.15) is 65.7 Å². The molecule has 22 heavy (non-hydrogen) atoms. The minimum absolute atomic E-state index is 0.0500. The summed E-state index contributed by atoms with van der Waals surface area (Å²) in [5, 5.41) is 2.76. The third kappa shape index (κ3) is 11.5. The average Bonchev–Trinajstić information content (AvgIpc) is 2.48. The number of unbranched alkanes of at least 4 members (excludes halogenated alkanes) is 4. The summed E-state index contributed by atoms with van der Waals surface area (Å²) >= 11 is 0. The number of nitrogens with one attached hydrogen (secondary N) is 1. The summed E-state index contributed by atoms with van der Waals surface area (Å²) in [4.78, 5) is 25.0. The Hall–Kier alpha value is -1.10. The van der Waals surface area contributed by atoms with E-state index in [9.17, 15) is 9.59 Å². The van der Waals surface area contributed by atoms with Crippen molar-refractivity contribution >= 4 is 11.8 Å². The molecule has 0 aliphatic heterocycles. The van der Waals surface area contributed by atoms with Crippen LogP contribution in [0.25, 0.3) is 0 Å². The monoisotopic (exact) mass is 314 g/mol. The standard InChI is InChI=1S/C17H34N2O3/c1-5-6-7-8-9-13-22-14-11-16(20)18-12-10-17(21)19(4)15(2)3/h15H,5-14H2,1-4H3,(H,18,20). The number of nitrogens with zero attached hydrogens (tertiary/aromatic N) is 1. The molecule has 0 saturated carbocycles. The largest absolute Gasteiger partial charge is 0.381 e. The van der Waals surface area contributed by atoms with Gasteiger partial charge in [-0.3, -0.25) is 9.59 Å². The topological polar surface area (TPSA) is 58.6 Å². The summed E-state index contributed by atoms with van der Waals surface area (Å²) in [5.74, 6) is 0.00427. The van der Waals surface area contributed by atoms with Crippen LogP contribution in [0.15, 0.2) is 0 Å². The molecule has 130 valence electrons. The number of rotatable bonds is 13. The second kappa shape index (κ2) is 13.6. The fourth-order valence-electron chi connectivity index (χ4n) is 1.94. The Balaban J connectivity index is 3.45. The highest BCUT2D eigenvalue weighted by Crippen LogP contribution is 2.02. The zero-order valence-electron chi connectivity index (χ0n) is 14.8. The van der Waals surface area contributed by atoms with Gasteiger partial charge in [-0.15, -0.1) is 0 Å². The molecule has 0 aliphatic carbocycles. The first-order valence-electron chi connectivity index (χ1n) is 8.59. The normalized spacial score (nSPS) is 10.8. The van der Waals surface area contributed by atoms with Crippen LogP contribution in [0.2, 0.25) is 0 Å². The summed E-state index contributed by atoms with van der Waals surface area (Å²) in [6.45, 7) is 7.72. The Morgan fingerprint density at radius 1 is 1.05 bits per heavy atom. The summed E-state index contributed by atoms with van der Waals surface area (Å²) in [7, 11) is 1.78. The molecule has 0 spiro atoms. The smallest absolute Gasteiger partial charge is 0.224 e. The van der Waals surface area contributed by atoms with Gasteiger partial charge in [-0.1, -0.05) is 32.6 Å². The van der Waals surface area contributed by atoms with Gasteiger partial charge in [-0.25, -0.2) is 0 Å². The first kappa shape index (κ1) is 20.9. The second-order valence-corrected chi connectivity index (χ2v) is 5.97. The van der Waals surface area contributed by atoms with Crippen molar-refractivity contribution < 1.29 is 14.3 Å². The van der Waals surface area contributed by atoms with Crippen molar-refractivity contribution in [3.63, 3.8) is 0 Å². The number of ether oxygens (including phenoxy) is 1. The van der Waals surface area contributed by atoms with Crippen LogP contribution < -0.4 is 5.32 Å². The van der Waals surface area contributed by atoms with Crippen molar-refractivity contribution in [3.8, 4) is 0 Å². The fourth-order valence-corrected chi connectivity index (χ4v) is 1.94. The molecule has 2 amide bonds. The minimum atomic E-state index is -0.0500. The molecular weight excluding hydrogens is 280 g/mol. The molecule has 5 heteroatoms. The molecule has 0 heterocycles. The van der Waals surface area contributed by atoms with Crippen LogP contribution in [0.4, 0.5) is 0 Å². The van der Waals surface area contributed by atoms with Gasteiger partial charge in [0.2, 0.25) is 11.8 Å². The molecule has 0 fully saturated rings. The van der Waals surface area contributed by atoms with Crippen LogP contribution in [-0.2, 0) is 14.3 Å².